The topological polar surface area (TPSA) is 74.5 Å². The van der Waals surface area contributed by atoms with E-state index in [2.05, 4.69) is 63.9 Å². The minimum Gasteiger partial charge on any atom is -0.349 e. The zero-order valence-corrected chi connectivity index (χ0v) is 16.6. The van der Waals surface area contributed by atoms with Crippen LogP contribution in [0.5, 0.6) is 0 Å². The van der Waals surface area contributed by atoms with Gasteiger partial charge in [0.05, 0.1) is 6.54 Å². The Bertz CT molecular complexity index is 914. The average molecular weight is 390 g/mol. The average Bonchev–Trinajstić information content (AvgIpc) is 3.23. The van der Waals surface area contributed by atoms with E-state index < -0.39 is 0 Å². The molecule has 8 nitrogen and oxygen atoms in total. The van der Waals surface area contributed by atoms with Crippen LogP contribution in [-0.2, 0) is 13.1 Å². The van der Waals surface area contributed by atoms with E-state index in [-0.39, 0.29) is 0 Å². The third-order valence-electron chi connectivity index (χ3n) is 5.03. The summed E-state index contributed by atoms with van der Waals surface area (Å²) < 4.78 is 2.17. The highest BCUT2D eigenvalue weighted by Gasteiger charge is 2.21. The number of hydrogen-bond acceptors (Lipinski definition) is 5. The van der Waals surface area contributed by atoms with Crippen molar-refractivity contribution in [1.29, 1.82) is 0 Å². The number of nitrogens with one attached hydrogen (secondary N) is 1. The lowest BCUT2D eigenvalue weighted by Crippen LogP contribution is -2.52. The molecule has 8 heteroatoms. The molecule has 1 aromatic carbocycles. The molecule has 0 atom stereocenters. The highest BCUT2D eigenvalue weighted by molar-refractivity contribution is 5.80. The molecule has 150 valence electrons. The molecule has 1 fully saturated rings. The van der Waals surface area contributed by atoms with E-state index in [0.29, 0.717) is 6.54 Å². The van der Waals surface area contributed by atoms with Gasteiger partial charge in [0.2, 0.25) is 5.95 Å². The molecular weight excluding hydrogens is 364 g/mol. The third-order valence-corrected chi connectivity index (χ3v) is 5.03. The van der Waals surface area contributed by atoms with Crippen LogP contribution in [0, 0.1) is 0 Å². The summed E-state index contributed by atoms with van der Waals surface area (Å²) in [6.45, 7) is 4.92. The van der Waals surface area contributed by atoms with Gasteiger partial charge in [-0.25, -0.2) is 15.0 Å². The molecule has 3 heterocycles. The van der Waals surface area contributed by atoms with E-state index in [1.165, 1.54) is 5.56 Å². The fraction of sp³-hybridized carbons (Fsp3) is 0.333. The summed E-state index contributed by atoms with van der Waals surface area (Å²) in [7, 11) is 1.82. The zero-order valence-electron chi connectivity index (χ0n) is 16.6. The molecule has 0 radical (unpaired) electrons. The molecule has 0 amide bonds. The minimum absolute atomic E-state index is 0.633. The van der Waals surface area contributed by atoms with E-state index in [1.54, 1.807) is 12.4 Å². The van der Waals surface area contributed by atoms with Crippen molar-refractivity contribution in [3.8, 4) is 0 Å². The van der Waals surface area contributed by atoms with Crippen LogP contribution in [0.15, 0.2) is 66.2 Å². The molecule has 1 aliphatic rings. The summed E-state index contributed by atoms with van der Waals surface area (Å²) in [6.07, 6.45) is 7.44. The van der Waals surface area contributed by atoms with Gasteiger partial charge in [-0.15, -0.1) is 0 Å². The minimum atomic E-state index is 0.633. The van der Waals surface area contributed by atoms with E-state index >= 15 is 0 Å². The standard InChI is InChI=1S/C21H26N8/c1-22-20(27-12-14-28(15-13-27)21-24-8-5-9-25-21)26-16-19-23-10-11-29(19)17-18-6-3-2-4-7-18/h2-11H,12-17H2,1H3,(H,22,26). The molecule has 0 aliphatic carbocycles. The predicted octanol–water partition coefficient (Wildman–Crippen LogP) is 1.62. The van der Waals surface area contributed by atoms with Gasteiger partial charge in [0.25, 0.3) is 0 Å². The van der Waals surface area contributed by atoms with Crippen molar-refractivity contribution < 1.29 is 0 Å². The first-order valence-corrected chi connectivity index (χ1v) is 9.85. The van der Waals surface area contributed by atoms with E-state index in [0.717, 1.165) is 50.5 Å². The third kappa shape index (κ3) is 4.71. The summed E-state index contributed by atoms with van der Waals surface area (Å²) in [5.74, 6) is 2.68. The molecule has 0 bridgehead atoms. The number of rotatable bonds is 5. The van der Waals surface area contributed by atoms with Crippen LogP contribution in [0.3, 0.4) is 0 Å². The summed E-state index contributed by atoms with van der Waals surface area (Å²) in [5, 5.41) is 3.47. The summed E-state index contributed by atoms with van der Waals surface area (Å²) in [4.78, 5) is 22.1. The Morgan fingerprint density at radius 1 is 0.966 bits per heavy atom. The summed E-state index contributed by atoms with van der Waals surface area (Å²) in [6, 6.07) is 12.3. The highest BCUT2D eigenvalue weighted by Crippen LogP contribution is 2.10. The molecule has 0 saturated carbocycles. The van der Waals surface area contributed by atoms with Crippen molar-refractivity contribution in [1.82, 2.24) is 29.7 Å². The van der Waals surface area contributed by atoms with Gasteiger partial charge in [0.1, 0.15) is 5.82 Å². The van der Waals surface area contributed by atoms with Crippen molar-refractivity contribution in [2.45, 2.75) is 13.1 Å². The fourth-order valence-corrected chi connectivity index (χ4v) is 3.49. The van der Waals surface area contributed by atoms with Crippen molar-refractivity contribution in [3.05, 3.63) is 72.6 Å². The Morgan fingerprint density at radius 3 is 2.45 bits per heavy atom. The van der Waals surface area contributed by atoms with Gasteiger partial charge in [-0.3, -0.25) is 4.99 Å². The second-order valence-corrected chi connectivity index (χ2v) is 6.88. The molecule has 2 aromatic heterocycles. The number of hydrogen-bond donors (Lipinski definition) is 1. The van der Waals surface area contributed by atoms with Crippen molar-refractivity contribution >= 4 is 11.9 Å². The fourth-order valence-electron chi connectivity index (χ4n) is 3.49. The molecule has 0 unspecified atom stereocenters. The smallest absolute Gasteiger partial charge is 0.225 e. The molecule has 1 N–H and O–H groups in total. The van der Waals surface area contributed by atoms with Crippen LogP contribution in [0.4, 0.5) is 5.95 Å². The molecule has 1 saturated heterocycles. The Balaban J connectivity index is 1.32. The maximum absolute atomic E-state index is 4.52. The quantitative estimate of drug-likeness (QED) is 0.527. The number of imidazole rings is 1. The molecule has 4 rings (SSSR count). The lowest BCUT2D eigenvalue weighted by Gasteiger charge is -2.36. The van der Waals surface area contributed by atoms with Gasteiger partial charge in [0, 0.05) is 64.6 Å². The van der Waals surface area contributed by atoms with Crippen LogP contribution in [0.25, 0.3) is 0 Å². The number of benzene rings is 1. The second kappa shape index (κ2) is 9.18. The van der Waals surface area contributed by atoms with Crippen LogP contribution < -0.4 is 10.2 Å². The van der Waals surface area contributed by atoms with Crippen LogP contribution in [0.2, 0.25) is 0 Å². The van der Waals surface area contributed by atoms with Gasteiger partial charge in [0.15, 0.2) is 5.96 Å². The molecular formula is C21H26N8. The van der Waals surface area contributed by atoms with Gasteiger partial charge in [-0.1, -0.05) is 30.3 Å². The first-order chi connectivity index (χ1) is 14.3. The monoisotopic (exact) mass is 390 g/mol. The SMILES string of the molecule is CN=C(NCc1nccn1Cc1ccccc1)N1CCN(c2ncccn2)CC1. The highest BCUT2D eigenvalue weighted by atomic mass is 15.4. The van der Waals surface area contributed by atoms with Crippen LogP contribution in [-0.4, -0.2) is 63.6 Å². The zero-order chi connectivity index (χ0) is 19.9. The van der Waals surface area contributed by atoms with Gasteiger partial charge >= 0.3 is 0 Å². The molecule has 1 aliphatic heterocycles. The second-order valence-electron chi connectivity index (χ2n) is 6.88. The Hall–Kier alpha value is -3.42. The molecule has 29 heavy (non-hydrogen) atoms. The van der Waals surface area contributed by atoms with Gasteiger partial charge < -0.3 is 19.7 Å². The molecule has 0 spiro atoms. The first kappa shape index (κ1) is 18.9. The Kier molecular flexibility index (Phi) is 5.99. The lowest BCUT2D eigenvalue weighted by molar-refractivity contribution is 0.369. The van der Waals surface area contributed by atoms with Crippen molar-refractivity contribution in [2.75, 3.05) is 38.1 Å². The number of guanidine groups is 1. The lowest BCUT2D eigenvalue weighted by atomic mass is 10.2. The Morgan fingerprint density at radius 2 is 1.72 bits per heavy atom. The van der Waals surface area contributed by atoms with Gasteiger partial charge in [-0.2, -0.15) is 0 Å². The maximum Gasteiger partial charge on any atom is 0.225 e. The van der Waals surface area contributed by atoms with E-state index in [4.69, 9.17) is 0 Å². The number of piperazine rings is 1. The van der Waals surface area contributed by atoms with E-state index in [9.17, 15) is 0 Å². The number of aliphatic imine (C=N–C) groups is 1. The number of nitrogens with zero attached hydrogens (tertiary/aromatic N) is 7. The number of aromatic nitrogens is 4. The predicted molar refractivity (Wildman–Crippen MR) is 114 cm³/mol. The largest absolute Gasteiger partial charge is 0.349 e. The Labute approximate surface area is 171 Å². The summed E-state index contributed by atoms with van der Waals surface area (Å²) in [5.41, 5.74) is 1.26. The maximum atomic E-state index is 4.52. The summed E-state index contributed by atoms with van der Waals surface area (Å²) >= 11 is 0. The van der Waals surface area contributed by atoms with Crippen LogP contribution >= 0.6 is 0 Å². The first-order valence-electron chi connectivity index (χ1n) is 9.85. The molecule has 3 aromatic rings. The van der Waals surface area contributed by atoms with Crippen LogP contribution in [0.1, 0.15) is 11.4 Å². The van der Waals surface area contributed by atoms with Gasteiger partial charge in [-0.05, 0) is 11.6 Å². The number of anilines is 1. The van der Waals surface area contributed by atoms with E-state index in [1.807, 2.05) is 31.6 Å². The normalized spacial score (nSPS) is 14.9. The van der Waals surface area contributed by atoms with Crippen molar-refractivity contribution in [3.63, 3.8) is 0 Å². The van der Waals surface area contributed by atoms with Crippen molar-refractivity contribution in [2.24, 2.45) is 4.99 Å².